The van der Waals surface area contributed by atoms with Crippen LogP contribution in [0.25, 0.3) is 0 Å². The van der Waals surface area contributed by atoms with Crippen LogP contribution in [-0.4, -0.2) is 28.2 Å². The van der Waals surface area contributed by atoms with E-state index in [4.69, 9.17) is 15.9 Å². The van der Waals surface area contributed by atoms with E-state index in [1.807, 2.05) is 13.8 Å². The molecule has 0 fully saturated rings. The molecule has 1 unspecified atom stereocenters. The molecule has 20 heavy (non-hydrogen) atoms. The molecule has 4 N–H and O–H groups in total. The van der Waals surface area contributed by atoms with Crippen LogP contribution in [0.2, 0.25) is 0 Å². The van der Waals surface area contributed by atoms with Gasteiger partial charge in [0.15, 0.2) is 0 Å². The molecule has 0 aliphatic rings. The molecule has 0 amide bonds. The normalized spacial score (nSPS) is 10.2. The average Bonchev–Trinajstić information content (AvgIpc) is 2.42. The standard InChI is InChI=1S/C8H10.C5H9NO4.C2H6/c1-7-3-5-8(2)6-4-7;6-3(5(9)10)1-2-4(7)8;1-2/h3-6H,1-2H3;3H,1-2,6H2,(H,7,8)(H,9,10);1-2H3. The number of nitrogens with two attached hydrogens (primary N) is 1. The zero-order chi connectivity index (χ0) is 16.1. The molecule has 1 aromatic carbocycles. The lowest BCUT2D eigenvalue weighted by Crippen LogP contribution is -2.30. The molecule has 0 spiro atoms. The molecular weight excluding hydrogens is 258 g/mol. The van der Waals surface area contributed by atoms with E-state index in [-0.39, 0.29) is 12.8 Å². The van der Waals surface area contributed by atoms with Crippen molar-refractivity contribution in [2.45, 2.75) is 46.6 Å². The molecule has 0 bridgehead atoms. The maximum Gasteiger partial charge on any atom is 0.320 e. The molecule has 0 saturated heterocycles. The molecule has 5 heteroatoms. The number of hydrogen-bond acceptors (Lipinski definition) is 3. The Morgan fingerprint density at radius 3 is 1.65 bits per heavy atom. The Balaban J connectivity index is 0. The Morgan fingerprint density at radius 1 is 1.05 bits per heavy atom. The monoisotopic (exact) mass is 283 g/mol. The van der Waals surface area contributed by atoms with Crippen molar-refractivity contribution in [2.75, 3.05) is 0 Å². The van der Waals surface area contributed by atoms with Gasteiger partial charge < -0.3 is 15.9 Å². The Kier molecular flexibility index (Phi) is 12.4. The summed E-state index contributed by atoms with van der Waals surface area (Å²) in [5, 5.41) is 16.3. The summed E-state index contributed by atoms with van der Waals surface area (Å²) < 4.78 is 0. The van der Waals surface area contributed by atoms with Crippen LogP contribution in [0.15, 0.2) is 24.3 Å². The first-order valence-corrected chi connectivity index (χ1v) is 6.56. The van der Waals surface area contributed by atoms with Gasteiger partial charge in [0.05, 0.1) is 0 Å². The molecule has 1 aromatic rings. The minimum Gasteiger partial charge on any atom is -0.481 e. The van der Waals surface area contributed by atoms with Crippen molar-refractivity contribution in [2.24, 2.45) is 5.73 Å². The largest absolute Gasteiger partial charge is 0.481 e. The molecule has 1 rings (SSSR count). The highest BCUT2D eigenvalue weighted by Gasteiger charge is 2.12. The average molecular weight is 283 g/mol. The highest BCUT2D eigenvalue weighted by molar-refractivity contribution is 5.74. The van der Waals surface area contributed by atoms with E-state index in [2.05, 4.69) is 38.1 Å². The van der Waals surface area contributed by atoms with Crippen molar-refractivity contribution < 1.29 is 19.8 Å². The van der Waals surface area contributed by atoms with Crippen LogP contribution in [-0.2, 0) is 9.59 Å². The summed E-state index contributed by atoms with van der Waals surface area (Å²) in [5.74, 6) is -2.20. The number of carbonyl (C=O) groups is 2. The zero-order valence-electron chi connectivity index (χ0n) is 12.6. The van der Waals surface area contributed by atoms with Gasteiger partial charge in [-0.15, -0.1) is 0 Å². The lowest BCUT2D eigenvalue weighted by molar-refractivity contribution is -0.139. The third-order valence-electron chi connectivity index (χ3n) is 2.20. The molecule has 0 saturated carbocycles. The third-order valence-corrected chi connectivity index (χ3v) is 2.20. The van der Waals surface area contributed by atoms with Gasteiger partial charge in [0.2, 0.25) is 0 Å². The fourth-order valence-corrected chi connectivity index (χ4v) is 1.04. The second kappa shape index (κ2) is 12.2. The Hall–Kier alpha value is -1.88. The molecule has 0 aliphatic carbocycles. The summed E-state index contributed by atoms with van der Waals surface area (Å²) in [6.07, 6.45) is -0.224. The topological polar surface area (TPSA) is 101 Å². The van der Waals surface area contributed by atoms with Crippen LogP contribution in [0.1, 0.15) is 37.8 Å². The highest BCUT2D eigenvalue weighted by atomic mass is 16.4. The van der Waals surface area contributed by atoms with E-state index in [9.17, 15) is 9.59 Å². The molecule has 1 atom stereocenters. The number of carboxylic acids is 2. The molecule has 0 aliphatic heterocycles. The molecule has 5 nitrogen and oxygen atoms in total. The second-order valence-electron chi connectivity index (χ2n) is 4.03. The zero-order valence-corrected chi connectivity index (χ0v) is 12.6. The van der Waals surface area contributed by atoms with Crippen molar-refractivity contribution in [1.29, 1.82) is 0 Å². The van der Waals surface area contributed by atoms with E-state index in [1.165, 1.54) is 11.1 Å². The van der Waals surface area contributed by atoms with Crippen LogP contribution < -0.4 is 5.73 Å². The first-order chi connectivity index (χ1) is 9.32. The SMILES string of the molecule is CC.Cc1ccc(C)cc1.NC(CCC(=O)O)C(=O)O. The van der Waals surface area contributed by atoms with E-state index >= 15 is 0 Å². The first-order valence-electron chi connectivity index (χ1n) is 6.56. The smallest absolute Gasteiger partial charge is 0.320 e. The van der Waals surface area contributed by atoms with Crippen molar-refractivity contribution in [3.05, 3.63) is 35.4 Å². The van der Waals surface area contributed by atoms with E-state index in [1.54, 1.807) is 0 Å². The molecule has 114 valence electrons. The summed E-state index contributed by atoms with van der Waals surface area (Å²) in [5.41, 5.74) is 7.66. The number of carboxylic acid groups (broad SMARTS) is 2. The molecular formula is C15H25NO4. The van der Waals surface area contributed by atoms with Gasteiger partial charge in [-0.1, -0.05) is 49.2 Å². The van der Waals surface area contributed by atoms with Crippen molar-refractivity contribution >= 4 is 11.9 Å². The van der Waals surface area contributed by atoms with Gasteiger partial charge >= 0.3 is 11.9 Å². The summed E-state index contributed by atoms with van der Waals surface area (Å²) in [4.78, 5) is 19.9. The quantitative estimate of drug-likeness (QED) is 0.788. The van der Waals surface area contributed by atoms with Gasteiger partial charge in [0.25, 0.3) is 0 Å². The Bertz CT molecular complexity index is 366. The fraction of sp³-hybridized carbons (Fsp3) is 0.467. The first kappa shape index (κ1) is 20.4. The number of aryl methyl sites for hydroxylation is 2. The number of aliphatic carboxylic acids is 2. The molecule has 0 heterocycles. The maximum absolute atomic E-state index is 9.99. The number of benzene rings is 1. The minimum absolute atomic E-state index is 0.0231. The van der Waals surface area contributed by atoms with Crippen molar-refractivity contribution in [3.63, 3.8) is 0 Å². The van der Waals surface area contributed by atoms with E-state index < -0.39 is 18.0 Å². The Labute approximate surface area is 120 Å². The van der Waals surface area contributed by atoms with Gasteiger partial charge in [-0.05, 0) is 20.3 Å². The van der Waals surface area contributed by atoms with Crippen molar-refractivity contribution in [3.8, 4) is 0 Å². The lowest BCUT2D eigenvalue weighted by atomic mass is 10.2. The summed E-state index contributed by atoms with van der Waals surface area (Å²) in [6.45, 7) is 8.19. The highest BCUT2D eigenvalue weighted by Crippen LogP contribution is 1.99. The Morgan fingerprint density at radius 2 is 1.40 bits per heavy atom. The second-order valence-corrected chi connectivity index (χ2v) is 4.03. The van der Waals surface area contributed by atoms with E-state index in [0.29, 0.717) is 0 Å². The van der Waals surface area contributed by atoms with Gasteiger partial charge in [-0.3, -0.25) is 9.59 Å². The van der Waals surface area contributed by atoms with E-state index in [0.717, 1.165) is 0 Å². The molecule has 0 aromatic heterocycles. The predicted molar refractivity (Wildman–Crippen MR) is 79.7 cm³/mol. The van der Waals surface area contributed by atoms with Crippen molar-refractivity contribution in [1.82, 2.24) is 0 Å². The van der Waals surface area contributed by atoms with Gasteiger partial charge in [-0.25, -0.2) is 0 Å². The van der Waals surface area contributed by atoms with Gasteiger partial charge in [-0.2, -0.15) is 0 Å². The van der Waals surface area contributed by atoms with Crippen LogP contribution in [0.5, 0.6) is 0 Å². The summed E-state index contributed by atoms with van der Waals surface area (Å²) in [6, 6.07) is 7.42. The number of hydrogen-bond donors (Lipinski definition) is 3. The third kappa shape index (κ3) is 12.6. The maximum atomic E-state index is 9.99. The fourth-order valence-electron chi connectivity index (χ4n) is 1.04. The van der Waals surface area contributed by atoms with Crippen LogP contribution >= 0.6 is 0 Å². The van der Waals surface area contributed by atoms with Crippen LogP contribution in [0.3, 0.4) is 0 Å². The summed E-state index contributed by atoms with van der Waals surface area (Å²) in [7, 11) is 0. The predicted octanol–water partition coefficient (Wildman–Crippen LogP) is 2.59. The molecule has 0 radical (unpaired) electrons. The summed E-state index contributed by atoms with van der Waals surface area (Å²) >= 11 is 0. The number of rotatable bonds is 4. The van der Waals surface area contributed by atoms with Gasteiger partial charge in [0, 0.05) is 6.42 Å². The minimum atomic E-state index is -1.17. The van der Waals surface area contributed by atoms with Gasteiger partial charge in [0.1, 0.15) is 6.04 Å². The lowest BCUT2D eigenvalue weighted by Gasteiger charge is -2.01. The van der Waals surface area contributed by atoms with Crippen LogP contribution in [0, 0.1) is 13.8 Å². The van der Waals surface area contributed by atoms with Crippen LogP contribution in [0.4, 0.5) is 0 Å².